The third-order valence-corrected chi connectivity index (χ3v) is 3.84. The van der Waals surface area contributed by atoms with Crippen molar-refractivity contribution in [2.24, 2.45) is 5.73 Å². The fraction of sp³-hybridized carbons (Fsp3) is 0. The molecule has 3 rings (SSSR count). The van der Waals surface area contributed by atoms with Crippen molar-refractivity contribution in [2.45, 2.75) is 0 Å². The zero-order valence-electron chi connectivity index (χ0n) is 10.4. The number of Topliss-reactive ketones (excluding diaryl/α,β-unsaturated/α-hetero) is 1. The molecule has 0 atom stereocenters. The first-order valence-corrected chi connectivity index (χ1v) is 6.81. The second-order valence-electron chi connectivity index (χ2n) is 4.31. The summed E-state index contributed by atoms with van der Waals surface area (Å²) in [7, 11) is 0. The van der Waals surface area contributed by atoms with E-state index >= 15 is 0 Å². The number of benzene rings is 2. The van der Waals surface area contributed by atoms with E-state index in [1.165, 1.54) is 0 Å². The SMILES string of the molecule is NC(=O)C(=O)c1ccc(-c2ccc3scnc3c2)cc1. The van der Waals surface area contributed by atoms with Gasteiger partial charge >= 0.3 is 0 Å². The van der Waals surface area contributed by atoms with E-state index in [0.29, 0.717) is 5.56 Å². The Kier molecular flexibility index (Phi) is 3.04. The van der Waals surface area contributed by atoms with Crippen molar-refractivity contribution in [3.63, 3.8) is 0 Å². The molecule has 5 heteroatoms. The topological polar surface area (TPSA) is 73.1 Å². The number of carbonyl (C=O) groups excluding carboxylic acids is 2. The normalized spacial score (nSPS) is 10.6. The van der Waals surface area contributed by atoms with Crippen molar-refractivity contribution >= 4 is 33.2 Å². The van der Waals surface area contributed by atoms with Gasteiger partial charge in [-0.2, -0.15) is 0 Å². The highest BCUT2D eigenvalue weighted by Gasteiger charge is 2.12. The Labute approximate surface area is 118 Å². The Balaban J connectivity index is 1.98. The van der Waals surface area contributed by atoms with Gasteiger partial charge in [0.1, 0.15) is 0 Å². The summed E-state index contributed by atoms with van der Waals surface area (Å²) in [5.41, 5.74) is 10.0. The van der Waals surface area contributed by atoms with Gasteiger partial charge in [-0.3, -0.25) is 9.59 Å². The number of aromatic nitrogens is 1. The summed E-state index contributed by atoms with van der Waals surface area (Å²) in [6.45, 7) is 0. The van der Waals surface area contributed by atoms with Gasteiger partial charge in [-0.1, -0.05) is 30.3 Å². The van der Waals surface area contributed by atoms with Gasteiger partial charge in [0.05, 0.1) is 15.7 Å². The molecule has 0 aliphatic rings. The van der Waals surface area contributed by atoms with Crippen molar-refractivity contribution in [3.05, 3.63) is 53.5 Å². The first kappa shape index (κ1) is 12.5. The van der Waals surface area contributed by atoms with Crippen LogP contribution in [0.5, 0.6) is 0 Å². The molecule has 98 valence electrons. The van der Waals surface area contributed by atoms with Crippen LogP contribution >= 0.6 is 11.3 Å². The van der Waals surface area contributed by atoms with Gasteiger partial charge in [0.2, 0.25) is 5.78 Å². The number of thiazole rings is 1. The number of hydrogen-bond acceptors (Lipinski definition) is 4. The Morgan fingerprint density at radius 2 is 1.70 bits per heavy atom. The Morgan fingerprint density at radius 3 is 2.40 bits per heavy atom. The van der Waals surface area contributed by atoms with Crippen molar-refractivity contribution < 1.29 is 9.59 Å². The summed E-state index contributed by atoms with van der Waals surface area (Å²) in [5, 5.41) is 0. The minimum absolute atomic E-state index is 0.302. The molecule has 1 amide bonds. The van der Waals surface area contributed by atoms with Crippen LogP contribution in [0.15, 0.2) is 48.0 Å². The molecular formula is C15H10N2O2S. The molecule has 2 N–H and O–H groups in total. The summed E-state index contributed by atoms with van der Waals surface area (Å²) >= 11 is 1.59. The van der Waals surface area contributed by atoms with Gasteiger partial charge in [-0.15, -0.1) is 11.3 Å². The standard InChI is InChI=1S/C15H10N2O2S/c16-15(19)14(18)10-3-1-9(2-4-10)11-5-6-13-12(7-11)17-8-20-13/h1-8H,(H2,16,19). The second kappa shape index (κ2) is 4.86. The monoisotopic (exact) mass is 282 g/mol. The van der Waals surface area contributed by atoms with Crippen LogP contribution in [0.25, 0.3) is 21.3 Å². The minimum atomic E-state index is -0.943. The maximum absolute atomic E-state index is 11.4. The van der Waals surface area contributed by atoms with Gasteiger partial charge in [0, 0.05) is 5.56 Å². The molecule has 0 unspecified atom stereocenters. The zero-order valence-corrected chi connectivity index (χ0v) is 11.2. The lowest BCUT2D eigenvalue weighted by molar-refractivity contribution is -0.114. The third kappa shape index (κ3) is 2.19. The van der Waals surface area contributed by atoms with Crippen molar-refractivity contribution in [1.82, 2.24) is 4.98 Å². The first-order chi connectivity index (χ1) is 9.65. The lowest BCUT2D eigenvalue weighted by Gasteiger charge is -2.03. The van der Waals surface area contributed by atoms with E-state index in [2.05, 4.69) is 4.98 Å². The average molecular weight is 282 g/mol. The number of hydrogen-bond donors (Lipinski definition) is 1. The van der Waals surface area contributed by atoms with E-state index in [4.69, 9.17) is 5.73 Å². The van der Waals surface area contributed by atoms with Crippen LogP contribution in [0.1, 0.15) is 10.4 Å². The number of rotatable bonds is 3. The summed E-state index contributed by atoms with van der Waals surface area (Å²) in [6, 6.07) is 12.8. The molecule has 1 aromatic heterocycles. The van der Waals surface area contributed by atoms with E-state index < -0.39 is 11.7 Å². The quantitative estimate of drug-likeness (QED) is 0.593. The summed E-state index contributed by atoms with van der Waals surface area (Å²) in [5.74, 6) is -1.62. The second-order valence-corrected chi connectivity index (χ2v) is 5.19. The van der Waals surface area contributed by atoms with E-state index in [0.717, 1.165) is 21.3 Å². The van der Waals surface area contributed by atoms with Gasteiger partial charge in [0.15, 0.2) is 0 Å². The number of primary amides is 1. The Hall–Kier alpha value is -2.53. The minimum Gasteiger partial charge on any atom is -0.363 e. The van der Waals surface area contributed by atoms with Crippen LogP contribution in [-0.2, 0) is 4.79 Å². The fourth-order valence-electron chi connectivity index (χ4n) is 1.99. The number of carbonyl (C=O) groups is 2. The van der Waals surface area contributed by atoms with Crippen LogP contribution in [-0.4, -0.2) is 16.7 Å². The van der Waals surface area contributed by atoms with E-state index in [1.54, 1.807) is 35.6 Å². The highest BCUT2D eigenvalue weighted by molar-refractivity contribution is 7.16. The smallest absolute Gasteiger partial charge is 0.289 e. The highest BCUT2D eigenvalue weighted by Crippen LogP contribution is 2.26. The molecule has 4 nitrogen and oxygen atoms in total. The molecule has 2 aromatic carbocycles. The van der Waals surface area contributed by atoms with Crippen LogP contribution in [0.2, 0.25) is 0 Å². The number of fused-ring (bicyclic) bond motifs is 1. The predicted octanol–water partition coefficient (Wildman–Crippen LogP) is 2.63. The Morgan fingerprint density at radius 1 is 1.00 bits per heavy atom. The predicted molar refractivity (Wildman–Crippen MR) is 78.6 cm³/mol. The van der Waals surface area contributed by atoms with Gasteiger partial charge in [-0.25, -0.2) is 4.98 Å². The molecule has 1 heterocycles. The summed E-state index contributed by atoms with van der Waals surface area (Å²) in [4.78, 5) is 26.6. The molecule has 0 bridgehead atoms. The Bertz CT molecular complexity index is 806. The van der Waals surface area contributed by atoms with Gasteiger partial charge in [-0.05, 0) is 23.3 Å². The number of nitrogens with zero attached hydrogens (tertiary/aromatic N) is 1. The van der Waals surface area contributed by atoms with Gasteiger partial charge < -0.3 is 5.73 Å². The van der Waals surface area contributed by atoms with Crippen LogP contribution < -0.4 is 5.73 Å². The lowest BCUT2D eigenvalue weighted by Crippen LogP contribution is -2.22. The lowest BCUT2D eigenvalue weighted by atomic mass is 10.0. The molecule has 0 saturated heterocycles. The maximum atomic E-state index is 11.4. The first-order valence-electron chi connectivity index (χ1n) is 5.93. The van der Waals surface area contributed by atoms with Gasteiger partial charge in [0.25, 0.3) is 5.91 Å². The van der Waals surface area contributed by atoms with E-state index in [9.17, 15) is 9.59 Å². The largest absolute Gasteiger partial charge is 0.363 e. The number of nitrogens with two attached hydrogens (primary N) is 1. The third-order valence-electron chi connectivity index (χ3n) is 3.03. The van der Waals surface area contributed by atoms with Crippen molar-refractivity contribution in [1.29, 1.82) is 0 Å². The highest BCUT2D eigenvalue weighted by atomic mass is 32.1. The van der Waals surface area contributed by atoms with Crippen LogP contribution in [0.4, 0.5) is 0 Å². The van der Waals surface area contributed by atoms with E-state index in [1.807, 2.05) is 23.7 Å². The molecule has 0 aliphatic carbocycles. The van der Waals surface area contributed by atoms with Crippen molar-refractivity contribution in [3.8, 4) is 11.1 Å². The number of ketones is 1. The zero-order chi connectivity index (χ0) is 14.1. The summed E-state index contributed by atoms with van der Waals surface area (Å²) < 4.78 is 1.13. The van der Waals surface area contributed by atoms with Crippen LogP contribution in [0, 0.1) is 0 Å². The van der Waals surface area contributed by atoms with Crippen LogP contribution in [0.3, 0.4) is 0 Å². The maximum Gasteiger partial charge on any atom is 0.289 e. The molecule has 0 radical (unpaired) electrons. The van der Waals surface area contributed by atoms with Crippen molar-refractivity contribution in [2.75, 3.05) is 0 Å². The number of amides is 1. The molecule has 0 saturated carbocycles. The molecule has 0 fully saturated rings. The molecular weight excluding hydrogens is 272 g/mol. The molecule has 3 aromatic rings. The average Bonchev–Trinajstić information content (AvgIpc) is 2.94. The molecule has 20 heavy (non-hydrogen) atoms. The molecule has 0 aliphatic heterocycles. The summed E-state index contributed by atoms with van der Waals surface area (Å²) in [6.07, 6.45) is 0. The molecule has 0 spiro atoms. The van der Waals surface area contributed by atoms with E-state index in [-0.39, 0.29) is 0 Å². The fourth-order valence-corrected chi connectivity index (χ4v) is 2.65.